The minimum atomic E-state index is -4.03. The monoisotopic (exact) mass is 367 g/mol. The zero-order valence-electron chi connectivity index (χ0n) is 13.6. The lowest BCUT2D eigenvalue weighted by molar-refractivity contribution is -0.117. The number of nitrogens with zero attached hydrogens (tertiary/aromatic N) is 1. The van der Waals surface area contributed by atoms with Gasteiger partial charge in [-0.15, -0.1) is 0 Å². The lowest BCUT2D eigenvalue weighted by Gasteiger charge is -2.23. The highest BCUT2D eigenvalue weighted by molar-refractivity contribution is 7.93. The molecule has 0 atom stereocenters. The molecular formula is C17H18ClNO4S. The Labute approximate surface area is 146 Å². The number of anilines is 1. The first-order valence-electron chi connectivity index (χ1n) is 7.29. The lowest BCUT2D eigenvalue weighted by Crippen LogP contribution is -2.36. The van der Waals surface area contributed by atoms with E-state index in [0.29, 0.717) is 5.75 Å². The summed E-state index contributed by atoms with van der Waals surface area (Å²) in [6.07, 6.45) is 0.0364. The van der Waals surface area contributed by atoms with Gasteiger partial charge < -0.3 is 4.74 Å². The Hall–Kier alpha value is -2.05. The average Bonchev–Trinajstić information content (AvgIpc) is 2.55. The zero-order chi connectivity index (χ0) is 17.9. The van der Waals surface area contributed by atoms with Crippen LogP contribution in [0.3, 0.4) is 0 Å². The van der Waals surface area contributed by atoms with E-state index in [-0.39, 0.29) is 22.0 Å². The number of carbonyl (C=O) groups is 1. The number of carbonyl (C=O) groups excluding carboxylic acids is 1. The SMILES string of the molecule is CCC(=O)N(c1ccc(OC)c(Cl)c1)S(=O)(=O)c1ccc(C)cc1. The molecule has 0 aliphatic rings. The molecule has 0 spiro atoms. The second-order valence-electron chi connectivity index (χ2n) is 5.15. The van der Waals surface area contributed by atoms with Gasteiger partial charge in [0.2, 0.25) is 5.91 Å². The summed E-state index contributed by atoms with van der Waals surface area (Å²) in [5, 5.41) is 0.225. The summed E-state index contributed by atoms with van der Waals surface area (Å²) in [7, 11) is -2.58. The average molecular weight is 368 g/mol. The maximum Gasteiger partial charge on any atom is 0.270 e. The van der Waals surface area contributed by atoms with E-state index in [2.05, 4.69) is 0 Å². The van der Waals surface area contributed by atoms with Crippen LogP contribution in [-0.4, -0.2) is 21.4 Å². The molecule has 1 amide bonds. The predicted molar refractivity (Wildman–Crippen MR) is 94.1 cm³/mol. The van der Waals surface area contributed by atoms with Crippen LogP contribution in [0.25, 0.3) is 0 Å². The Morgan fingerprint density at radius 1 is 1.17 bits per heavy atom. The summed E-state index contributed by atoms with van der Waals surface area (Å²) in [6.45, 7) is 3.46. The number of sulfonamides is 1. The van der Waals surface area contributed by atoms with Crippen molar-refractivity contribution in [1.82, 2.24) is 0 Å². The van der Waals surface area contributed by atoms with E-state index >= 15 is 0 Å². The molecule has 0 aliphatic heterocycles. The molecule has 0 N–H and O–H groups in total. The Balaban J connectivity index is 2.58. The number of benzene rings is 2. The third kappa shape index (κ3) is 3.55. The van der Waals surface area contributed by atoms with Crippen LogP contribution in [0.2, 0.25) is 5.02 Å². The van der Waals surface area contributed by atoms with Crippen molar-refractivity contribution in [3.8, 4) is 5.75 Å². The molecular weight excluding hydrogens is 350 g/mol. The maximum absolute atomic E-state index is 12.9. The van der Waals surface area contributed by atoms with Crippen molar-refractivity contribution >= 4 is 33.2 Å². The number of halogens is 1. The first-order chi connectivity index (χ1) is 11.3. The fraction of sp³-hybridized carbons (Fsp3) is 0.235. The fourth-order valence-electron chi connectivity index (χ4n) is 2.16. The van der Waals surface area contributed by atoms with E-state index in [1.807, 2.05) is 6.92 Å². The number of hydrogen-bond acceptors (Lipinski definition) is 4. The third-order valence-electron chi connectivity index (χ3n) is 3.46. The van der Waals surface area contributed by atoms with Gasteiger partial charge in [0.15, 0.2) is 0 Å². The van der Waals surface area contributed by atoms with E-state index in [1.54, 1.807) is 19.1 Å². The Morgan fingerprint density at radius 2 is 1.79 bits per heavy atom. The molecule has 0 radical (unpaired) electrons. The molecule has 0 aromatic heterocycles. The third-order valence-corrected chi connectivity index (χ3v) is 5.52. The van der Waals surface area contributed by atoms with Gasteiger partial charge in [0, 0.05) is 6.42 Å². The zero-order valence-corrected chi connectivity index (χ0v) is 15.2. The molecule has 0 fully saturated rings. The minimum Gasteiger partial charge on any atom is -0.495 e. The van der Waals surface area contributed by atoms with Crippen molar-refractivity contribution in [2.75, 3.05) is 11.4 Å². The number of amides is 1. The topological polar surface area (TPSA) is 63.7 Å². The normalized spacial score (nSPS) is 11.2. The van der Waals surface area contributed by atoms with Crippen LogP contribution in [0.4, 0.5) is 5.69 Å². The van der Waals surface area contributed by atoms with Crippen LogP contribution >= 0.6 is 11.6 Å². The highest BCUT2D eigenvalue weighted by Crippen LogP contribution is 2.32. The molecule has 0 saturated carbocycles. The quantitative estimate of drug-likeness (QED) is 0.806. The largest absolute Gasteiger partial charge is 0.495 e. The van der Waals surface area contributed by atoms with Crippen LogP contribution in [0, 0.1) is 6.92 Å². The number of rotatable bonds is 5. The van der Waals surface area contributed by atoms with E-state index in [4.69, 9.17) is 16.3 Å². The lowest BCUT2D eigenvalue weighted by atomic mass is 10.2. The summed E-state index contributed by atoms with van der Waals surface area (Å²) in [4.78, 5) is 12.4. The van der Waals surface area contributed by atoms with Crippen LogP contribution < -0.4 is 9.04 Å². The van der Waals surface area contributed by atoms with Crippen molar-refractivity contribution in [1.29, 1.82) is 0 Å². The van der Waals surface area contributed by atoms with Gasteiger partial charge in [0.05, 0.1) is 22.7 Å². The Bertz CT molecular complexity index is 847. The molecule has 0 saturated heterocycles. The molecule has 0 heterocycles. The van der Waals surface area contributed by atoms with Gasteiger partial charge in [-0.1, -0.05) is 36.2 Å². The van der Waals surface area contributed by atoms with Gasteiger partial charge in [0.25, 0.3) is 10.0 Å². The molecule has 24 heavy (non-hydrogen) atoms. The van der Waals surface area contributed by atoms with Crippen molar-refractivity contribution in [2.24, 2.45) is 0 Å². The molecule has 5 nitrogen and oxygen atoms in total. The van der Waals surface area contributed by atoms with Crippen molar-refractivity contribution in [3.05, 3.63) is 53.1 Å². The Kier molecular flexibility index (Phi) is 5.51. The van der Waals surface area contributed by atoms with Crippen LogP contribution in [0.15, 0.2) is 47.4 Å². The standard InChI is InChI=1S/C17H18ClNO4S/c1-4-17(20)19(13-7-10-16(23-3)15(18)11-13)24(21,22)14-8-5-12(2)6-9-14/h5-11H,4H2,1-3H3. The number of methoxy groups -OCH3 is 1. The molecule has 7 heteroatoms. The number of aryl methyl sites for hydroxylation is 1. The van der Waals surface area contributed by atoms with E-state index in [0.717, 1.165) is 9.87 Å². The summed E-state index contributed by atoms with van der Waals surface area (Å²) < 4.78 is 31.7. The van der Waals surface area contributed by atoms with Crippen molar-refractivity contribution in [2.45, 2.75) is 25.2 Å². The molecule has 2 aromatic rings. The van der Waals surface area contributed by atoms with Gasteiger partial charge in [-0.05, 0) is 37.3 Å². The summed E-state index contributed by atoms with van der Waals surface area (Å²) >= 11 is 6.08. The fourth-order valence-corrected chi connectivity index (χ4v) is 3.89. The van der Waals surface area contributed by atoms with E-state index in [9.17, 15) is 13.2 Å². The smallest absolute Gasteiger partial charge is 0.270 e. The maximum atomic E-state index is 12.9. The summed E-state index contributed by atoms with van der Waals surface area (Å²) in [5.74, 6) is -0.145. The second-order valence-corrected chi connectivity index (χ2v) is 7.34. The van der Waals surface area contributed by atoms with Gasteiger partial charge in [-0.3, -0.25) is 4.79 Å². The van der Waals surface area contributed by atoms with Gasteiger partial charge >= 0.3 is 0 Å². The first kappa shape index (κ1) is 18.3. The highest BCUT2D eigenvalue weighted by Gasteiger charge is 2.30. The van der Waals surface area contributed by atoms with Gasteiger partial charge in [0.1, 0.15) is 5.75 Å². The predicted octanol–water partition coefficient (Wildman–Crippen LogP) is 3.79. The van der Waals surface area contributed by atoms with Crippen molar-refractivity contribution < 1.29 is 17.9 Å². The first-order valence-corrected chi connectivity index (χ1v) is 9.11. The minimum absolute atomic E-state index is 0.0364. The summed E-state index contributed by atoms with van der Waals surface area (Å²) in [5.41, 5.74) is 1.10. The number of hydrogen-bond donors (Lipinski definition) is 0. The molecule has 0 unspecified atom stereocenters. The van der Waals surface area contributed by atoms with Crippen LogP contribution in [0.5, 0.6) is 5.75 Å². The Morgan fingerprint density at radius 3 is 2.29 bits per heavy atom. The number of ether oxygens (including phenoxy) is 1. The molecule has 2 rings (SSSR count). The molecule has 0 bridgehead atoms. The molecule has 0 aliphatic carbocycles. The highest BCUT2D eigenvalue weighted by atomic mass is 35.5. The second kappa shape index (κ2) is 7.23. The summed E-state index contributed by atoms with van der Waals surface area (Å²) in [6, 6.07) is 10.7. The van der Waals surface area contributed by atoms with Crippen LogP contribution in [-0.2, 0) is 14.8 Å². The van der Waals surface area contributed by atoms with Crippen LogP contribution in [0.1, 0.15) is 18.9 Å². The molecule has 128 valence electrons. The van der Waals surface area contributed by atoms with Gasteiger partial charge in [-0.25, -0.2) is 12.7 Å². The molecule has 2 aromatic carbocycles. The van der Waals surface area contributed by atoms with Gasteiger partial charge in [-0.2, -0.15) is 0 Å². The van der Waals surface area contributed by atoms with Crippen molar-refractivity contribution in [3.63, 3.8) is 0 Å². The van der Waals surface area contributed by atoms with E-state index < -0.39 is 15.9 Å². The van der Waals surface area contributed by atoms with E-state index in [1.165, 1.54) is 37.4 Å².